The number of carbonyl (C=O) groups is 1. The van der Waals surface area contributed by atoms with E-state index in [0.29, 0.717) is 24.9 Å². The fourth-order valence-electron chi connectivity index (χ4n) is 1.52. The maximum absolute atomic E-state index is 12.1. The number of methoxy groups -OCH3 is 1. The predicted molar refractivity (Wildman–Crippen MR) is 85.5 cm³/mol. The van der Waals surface area contributed by atoms with Gasteiger partial charge in [-0.05, 0) is 51.4 Å². The highest BCUT2D eigenvalue weighted by Crippen LogP contribution is 2.26. The number of nitrogens with one attached hydrogen (secondary N) is 1. The van der Waals surface area contributed by atoms with E-state index in [9.17, 15) is 18.0 Å². The Kier molecular flexibility index (Phi) is 9.38. The summed E-state index contributed by atoms with van der Waals surface area (Å²) >= 11 is 0. The van der Waals surface area contributed by atoms with Gasteiger partial charge in [-0.3, -0.25) is 4.79 Å². The first-order valence-corrected chi connectivity index (χ1v) is 7.33. The van der Waals surface area contributed by atoms with Gasteiger partial charge in [0, 0.05) is 7.11 Å². The molecule has 0 bridgehead atoms. The third-order valence-corrected chi connectivity index (χ3v) is 2.83. The Hall–Kier alpha value is -1.80. The molecule has 1 aromatic rings. The number of halogens is 3. The van der Waals surface area contributed by atoms with Crippen molar-refractivity contribution in [1.29, 1.82) is 0 Å². The molecular formula is C16H25F3N2O3. The van der Waals surface area contributed by atoms with Crippen LogP contribution in [0.4, 0.5) is 13.2 Å². The molecule has 0 saturated carbocycles. The summed E-state index contributed by atoms with van der Waals surface area (Å²) in [4.78, 5) is 10.4. The van der Waals surface area contributed by atoms with E-state index < -0.39 is 12.4 Å². The Morgan fingerprint density at radius 2 is 1.88 bits per heavy atom. The molecule has 24 heavy (non-hydrogen) atoms. The molecule has 0 aliphatic heterocycles. The quantitative estimate of drug-likeness (QED) is 0.773. The van der Waals surface area contributed by atoms with Crippen LogP contribution >= 0.6 is 0 Å². The van der Waals surface area contributed by atoms with Crippen LogP contribution in [-0.2, 0) is 9.53 Å². The van der Waals surface area contributed by atoms with E-state index in [4.69, 9.17) is 10.5 Å². The highest BCUT2D eigenvalue weighted by atomic mass is 19.4. The van der Waals surface area contributed by atoms with Gasteiger partial charge in [-0.1, -0.05) is 12.1 Å². The molecule has 5 nitrogen and oxygen atoms in total. The molecule has 0 aliphatic carbocycles. The summed E-state index contributed by atoms with van der Waals surface area (Å²) in [5.74, 6) is -0.324. The highest BCUT2D eigenvalue weighted by Gasteiger charge is 2.31. The zero-order valence-corrected chi connectivity index (χ0v) is 14.3. The van der Waals surface area contributed by atoms with Crippen LogP contribution in [0.5, 0.6) is 5.75 Å². The van der Waals surface area contributed by atoms with Crippen molar-refractivity contribution >= 4 is 6.41 Å². The van der Waals surface area contributed by atoms with Crippen LogP contribution in [0.1, 0.15) is 38.8 Å². The molecule has 0 spiro atoms. The molecule has 1 atom stereocenters. The number of alkyl halides is 3. The molecule has 1 aromatic carbocycles. The fraction of sp³-hybridized carbons (Fsp3) is 0.562. The predicted octanol–water partition coefficient (Wildman–Crippen LogP) is 3.15. The zero-order valence-electron chi connectivity index (χ0n) is 14.3. The molecule has 0 heterocycles. The van der Waals surface area contributed by atoms with Gasteiger partial charge in [0.2, 0.25) is 6.41 Å². The van der Waals surface area contributed by atoms with Crippen molar-refractivity contribution in [1.82, 2.24) is 5.32 Å². The van der Waals surface area contributed by atoms with Crippen LogP contribution in [0.2, 0.25) is 0 Å². The van der Waals surface area contributed by atoms with Gasteiger partial charge in [-0.15, -0.1) is 13.2 Å². The smallest absolute Gasteiger partial charge is 0.406 e. The van der Waals surface area contributed by atoms with E-state index in [2.05, 4.69) is 10.1 Å². The number of carbonyl (C=O) groups excluding carboxylic acids is 1. The summed E-state index contributed by atoms with van der Waals surface area (Å²) in [6.07, 6.45) is -3.83. The summed E-state index contributed by atoms with van der Waals surface area (Å²) < 4.78 is 44.9. The lowest BCUT2D eigenvalue weighted by atomic mass is 10.0. The third-order valence-electron chi connectivity index (χ3n) is 2.83. The van der Waals surface area contributed by atoms with E-state index in [0.717, 1.165) is 0 Å². The maximum atomic E-state index is 12.1. The van der Waals surface area contributed by atoms with Gasteiger partial charge in [0.05, 0.1) is 11.6 Å². The van der Waals surface area contributed by atoms with Crippen molar-refractivity contribution < 1.29 is 27.4 Å². The number of hydrogen-bond acceptors (Lipinski definition) is 4. The molecule has 138 valence electrons. The van der Waals surface area contributed by atoms with Crippen LogP contribution < -0.4 is 15.8 Å². The van der Waals surface area contributed by atoms with Crippen LogP contribution in [0, 0.1) is 0 Å². The highest BCUT2D eigenvalue weighted by molar-refractivity contribution is 5.48. The van der Waals surface area contributed by atoms with Gasteiger partial charge in [0.25, 0.3) is 0 Å². The Labute approximate surface area is 140 Å². The van der Waals surface area contributed by atoms with Gasteiger partial charge in [0.15, 0.2) is 0 Å². The Morgan fingerprint density at radius 3 is 2.29 bits per heavy atom. The van der Waals surface area contributed by atoms with E-state index in [1.807, 2.05) is 20.8 Å². The van der Waals surface area contributed by atoms with E-state index in [1.165, 1.54) is 18.2 Å². The van der Waals surface area contributed by atoms with E-state index in [-0.39, 0.29) is 11.4 Å². The van der Waals surface area contributed by atoms with Crippen molar-refractivity contribution in [3.63, 3.8) is 0 Å². The average molecular weight is 350 g/mol. The summed E-state index contributed by atoms with van der Waals surface area (Å²) in [5, 5.41) is 2.49. The molecule has 8 heteroatoms. The molecule has 0 radical (unpaired) electrons. The number of ether oxygens (including phenoxy) is 2. The molecule has 1 amide bonds. The Bertz CT molecular complexity index is 488. The Balaban J connectivity index is 0.000000754. The lowest BCUT2D eigenvalue weighted by Crippen LogP contribution is -2.23. The molecule has 1 rings (SSSR count). The molecule has 0 fully saturated rings. The minimum Gasteiger partial charge on any atom is -0.406 e. The van der Waals surface area contributed by atoms with Crippen LogP contribution in [0.15, 0.2) is 24.3 Å². The summed E-state index contributed by atoms with van der Waals surface area (Å²) in [7, 11) is 1.71. The van der Waals surface area contributed by atoms with Crippen molar-refractivity contribution in [2.45, 2.75) is 45.2 Å². The molecule has 3 N–H and O–H groups in total. The molecule has 0 saturated heterocycles. The maximum Gasteiger partial charge on any atom is 0.573 e. The second-order valence-corrected chi connectivity index (χ2v) is 5.85. The van der Waals surface area contributed by atoms with Crippen molar-refractivity contribution in [3.8, 4) is 5.75 Å². The van der Waals surface area contributed by atoms with Crippen molar-refractivity contribution in [2.24, 2.45) is 5.73 Å². The molecule has 0 aliphatic rings. The first-order chi connectivity index (χ1) is 11.0. The first-order valence-electron chi connectivity index (χ1n) is 7.33. The largest absolute Gasteiger partial charge is 0.573 e. The van der Waals surface area contributed by atoms with Gasteiger partial charge in [0.1, 0.15) is 5.75 Å². The minimum atomic E-state index is -4.74. The fourth-order valence-corrected chi connectivity index (χ4v) is 1.52. The van der Waals surface area contributed by atoms with Crippen LogP contribution in [-0.4, -0.2) is 32.0 Å². The van der Waals surface area contributed by atoms with Crippen LogP contribution in [0.25, 0.3) is 0 Å². The van der Waals surface area contributed by atoms with Gasteiger partial charge >= 0.3 is 6.36 Å². The summed E-state index contributed by atoms with van der Waals surface area (Å²) in [6.45, 7) is 6.36. The Morgan fingerprint density at radius 1 is 1.29 bits per heavy atom. The number of benzene rings is 1. The first kappa shape index (κ1) is 22.2. The second kappa shape index (κ2) is 10.1. The number of nitrogens with two attached hydrogens (primary N) is 1. The normalized spacial score (nSPS) is 12.7. The number of hydrogen-bond donors (Lipinski definition) is 2. The lowest BCUT2D eigenvalue weighted by Gasteiger charge is -2.17. The number of amides is 1. The summed E-state index contributed by atoms with van der Waals surface area (Å²) in [6, 6.07) is 5.01. The lowest BCUT2D eigenvalue weighted by molar-refractivity contribution is -0.274. The van der Waals surface area contributed by atoms with Gasteiger partial charge < -0.3 is 20.5 Å². The van der Waals surface area contributed by atoms with Crippen molar-refractivity contribution in [3.05, 3.63) is 29.8 Å². The molecule has 1 unspecified atom stereocenters. The zero-order chi connectivity index (χ0) is 18.8. The van der Waals surface area contributed by atoms with Gasteiger partial charge in [-0.25, -0.2) is 0 Å². The third kappa shape index (κ3) is 10.8. The monoisotopic (exact) mass is 350 g/mol. The second-order valence-electron chi connectivity index (χ2n) is 5.85. The number of rotatable bonds is 6. The molecule has 0 aromatic heterocycles. The van der Waals surface area contributed by atoms with Crippen molar-refractivity contribution in [2.75, 3.05) is 13.7 Å². The van der Waals surface area contributed by atoms with E-state index in [1.54, 1.807) is 13.2 Å². The summed E-state index contributed by atoms with van der Waals surface area (Å²) in [5.41, 5.74) is 5.92. The van der Waals surface area contributed by atoms with Crippen LogP contribution in [0.3, 0.4) is 0 Å². The SMILES string of the molecule is COC(C)(C)C.NCCC(NC=O)c1cccc(OC(F)(F)F)c1. The molecular weight excluding hydrogens is 325 g/mol. The van der Waals surface area contributed by atoms with E-state index >= 15 is 0 Å². The minimum absolute atomic E-state index is 0.0417. The topological polar surface area (TPSA) is 73.6 Å². The van der Waals surface area contributed by atoms with Gasteiger partial charge in [-0.2, -0.15) is 0 Å². The average Bonchev–Trinajstić information content (AvgIpc) is 2.45. The standard InChI is InChI=1S/C11H13F3N2O2.C5H12O/c12-11(13,14)18-9-3-1-2-8(6-9)10(4-5-15)16-7-17;1-5(2,3)6-4/h1-3,6-7,10H,4-5,15H2,(H,16,17);1-4H3.